The Labute approximate surface area is 291 Å². The van der Waals surface area contributed by atoms with Gasteiger partial charge in [0, 0.05) is 21.2 Å². The Morgan fingerprint density at radius 3 is 2.10 bits per heavy atom. The number of ether oxygens (including phenoxy) is 3. The zero-order valence-electron chi connectivity index (χ0n) is 26.9. The van der Waals surface area contributed by atoms with Crippen LogP contribution in [0.15, 0.2) is 48.8 Å². The van der Waals surface area contributed by atoms with Gasteiger partial charge in [-0.1, -0.05) is 13.8 Å². The first kappa shape index (κ1) is 40.2. The highest BCUT2D eigenvalue weighted by atomic mass is 35.5. The number of nitrogens with zero attached hydrogens (tertiary/aromatic N) is 5. The number of hydrogen-bond donors (Lipinski definition) is 1. The Morgan fingerprint density at radius 2 is 1.50 bits per heavy atom. The summed E-state index contributed by atoms with van der Waals surface area (Å²) in [6, 6.07) is 3.69. The molecule has 4 aromatic rings. The topological polar surface area (TPSA) is 94.5 Å². The van der Waals surface area contributed by atoms with Gasteiger partial charge in [-0.25, -0.2) is 18.7 Å². The van der Waals surface area contributed by atoms with E-state index in [0.29, 0.717) is 11.8 Å². The van der Waals surface area contributed by atoms with E-state index in [1.54, 1.807) is 14.1 Å². The molecule has 2 atom stereocenters. The van der Waals surface area contributed by atoms with E-state index in [-0.39, 0.29) is 52.3 Å². The van der Waals surface area contributed by atoms with Gasteiger partial charge in [0.2, 0.25) is 10.6 Å². The number of likely N-dealkylation sites (N-methyl/N-ethyl adjacent to an activating group) is 1. The molecular formula is C31H30Cl2F8N6O3. The first-order valence-corrected chi connectivity index (χ1v) is 15.3. The average Bonchev–Trinajstić information content (AvgIpc) is 3.06. The van der Waals surface area contributed by atoms with Gasteiger partial charge in [0.15, 0.2) is 23.1 Å². The number of anilines is 2. The molecule has 0 radical (unpaired) electrons. The summed E-state index contributed by atoms with van der Waals surface area (Å²) in [5.74, 6) is -0.593. The van der Waals surface area contributed by atoms with Gasteiger partial charge in [0.25, 0.3) is 0 Å². The number of alkyl halides is 6. The maximum Gasteiger partial charge on any atom is 0.416 e. The predicted molar refractivity (Wildman–Crippen MR) is 170 cm³/mol. The number of aromatic nitrogens is 4. The lowest BCUT2D eigenvalue weighted by Crippen LogP contribution is -2.35. The van der Waals surface area contributed by atoms with Crippen molar-refractivity contribution in [3.8, 4) is 11.5 Å². The zero-order valence-corrected chi connectivity index (χ0v) is 28.4. The molecule has 1 aliphatic rings. The summed E-state index contributed by atoms with van der Waals surface area (Å²) >= 11 is 11.4. The third-order valence-corrected chi connectivity index (χ3v) is 7.25. The van der Waals surface area contributed by atoms with Crippen molar-refractivity contribution < 1.29 is 49.3 Å². The van der Waals surface area contributed by atoms with E-state index in [0.717, 1.165) is 30.3 Å². The summed E-state index contributed by atoms with van der Waals surface area (Å²) in [6.07, 6.45) is -7.81. The maximum atomic E-state index is 13.5. The Kier molecular flexibility index (Phi) is 13.8. The van der Waals surface area contributed by atoms with Gasteiger partial charge in [0.05, 0.1) is 29.6 Å². The van der Waals surface area contributed by atoms with E-state index >= 15 is 0 Å². The first-order chi connectivity index (χ1) is 23.5. The van der Waals surface area contributed by atoms with E-state index in [2.05, 4.69) is 25.3 Å². The van der Waals surface area contributed by atoms with E-state index < -0.39 is 47.3 Å². The molecule has 50 heavy (non-hydrogen) atoms. The van der Waals surface area contributed by atoms with Crippen LogP contribution >= 0.6 is 23.2 Å². The number of hydrogen-bond acceptors (Lipinski definition) is 9. The normalized spacial score (nSPS) is 14.6. The Morgan fingerprint density at radius 1 is 0.920 bits per heavy atom. The summed E-state index contributed by atoms with van der Waals surface area (Å²) in [5.41, 5.74) is -2.50. The molecule has 5 rings (SSSR count). The molecular weight excluding hydrogens is 727 g/mol. The second kappa shape index (κ2) is 17.1. The van der Waals surface area contributed by atoms with Crippen molar-refractivity contribution in [3.63, 3.8) is 0 Å². The molecule has 1 N–H and O–H groups in total. The van der Waals surface area contributed by atoms with Crippen molar-refractivity contribution in [2.24, 2.45) is 0 Å². The van der Waals surface area contributed by atoms with E-state index in [4.69, 9.17) is 37.4 Å². The van der Waals surface area contributed by atoms with Gasteiger partial charge in [0.1, 0.15) is 31.0 Å². The third kappa shape index (κ3) is 9.94. The predicted octanol–water partition coefficient (Wildman–Crippen LogP) is 8.98. The molecule has 3 heterocycles. The van der Waals surface area contributed by atoms with Gasteiger partial charge in [-0.05, 0) is 70.7 Å². The Hall–Kier alpha value is -4.22. The molecule has 9 nitrogen and oxygen atoms in total. The third-order valence-electron chi connectivity index (χ3n) is 6.89. The molecule has 0 fully saturated rings. The summed E-state index contributed by atoms with van der Waals surface area (Å²) < 4.78 is 122. The van der Waals surface area contributed by atoms with Gasteiger partial charge in [-0.15, -0.1) is 0 Å². The number of halogens is 10. The highest BCUT2D eigenvalue weighted by molar-refractivity contribution is 6.28. The quantitative estimate of drug-likeness (QED) is 0.147. The minimum absolute atomic E-state index is 0.0236. The van der Waals surface area contributed by atoms with Crippen LogP contribution < -0.4 is 19.7 Å². The average molecular weight is 758 g/mol. The fourth-order valence-corrected chi connectivity index (χ4v) is 4.89. The van der Waals surface area contributed by atoms with Crippen molar-refractivity contribution in [2.75, 3.05) is 44.6 Å². The molecule has 2 aromatic heterocycles. The highest BCUT2D eigenvalue weighted by Gasteiger charge is 2.39. The zero-order chi connectivity index (χ0) is 37.4. The van der Waals surface area contributed by atoms with Crippen LogP contribution in [-0.2, 0) is 17.1 Å². The summed E-state index contributed by atoms with van der Waals surface area (Å²) in [5, 5.41) is 2.64. The van der Waals surface area contributed by atoms with Gasteiger partial charge in [-0.3, -0.25) is 0 Å². The lowest BCUT2D eigenvalue weighted by atomic mass is 9.98. The van der Waals surface area contributed by atoms with E-state index in [1.807, 2.05) is 13.8 Å². The first-order valence-electron chi connectivity index (χ1n) is 14.5. The number of methoxy groups -OCH3 is 1. The minimum Gasteiger partial charge on any atom is -0.486 e. The number of fused-ring (bicyclic) bond motifs is 1. The molecule has 272 valence electrons. The molecule has 0 bridgehead atoms. The molecule has 1 aliphatic heterocycles. The van der Waals surface area contributed by atoms with Crippen molar-refractivity contribution >= 4 is 34.8 Å². The second-order valence-electron chi connectivity index (χ2n) is 9.86. The second-order valence-corrected chi connectivity index (χ2v) is 10.5. The molecule has 19 heteroatoms. The molecule has 2 unspecified atom stereocenters. The monoisotopic (exact) mass is 756 g/mol. The molecule has 2 aromatic carbocycles. The number of nitrogens with one attached hydrogen (secondary N) is 1. The summed E-state index contributed by atoms with van der Waals surface area (Å²) in [6.45, 7) is 3.59. The van der Waals surface area contributed by atoms with Gasteiger partial charge < -0.3 is 24.4 Å². The Bertz CT molecular complexity index is 1750. The van der Waals surface area contributed by atoms with Crippen LogP contribution in [0.25, 0.3) is 0 Å². The van der Waals surface area contributed by atoms with Crippen molar-refractivity contribution in [1.29, 1.82) is 0 Å². The maximum absolute atomic E-state index is 13.5. The highest BCUT2D eigenvalue weighted by Crippen LogP contribution is 2.42. The van der Waals surface area contributed by atoms with Crippen LogP contribution in [0.4, 0.5) is 46.8 Å². The lowest BCUT2D eigenvalue weighted by molar-refractivity contribution is -0.140. The van der Waals surface area contributed by atoms with Crippen LogP contribution in [0.1, 0.15) is 48.2 Å². The van der Waals surface area contributed by atoms with Crippen LogP contribution in [-0.4, -0.2) is 54.4 Å². The molecule has 0 saturated carbocycles. The molecule has 0 aliphatic carbocycles. The largest absolute Gasteiger partial charge is 0.486 e. The van der Waals surface area contributed by atoms with Gasteiger partial charge in [-0.2, -0.15) is 36.3 Å². The number of benzene rings is 2. The Balaban J connectivity index is 0.000000258. The van der Waals surface area contributed by atoms with Crippen LogP contribution in [0.3, 0.4) is 0 Å². The van der Waals surface area contributed by atoms with E-state index in [1.165, 1.54) is 24.4 Å². The summed E-state index contributed by atoms with van der Waals surface area (Å²) in [4.78, 5) is 16.8. The van der Waals surface area contributed by atoms with Gasteiger partial charge >= 0.3 is 12.4 Å². The van der Waals surface area contributed by atoms with Crippen LogP contribution in [0.5, 0.6) is 11.5 Å². The van der Waals surface area contributed by atoms with Crippen LogP contribution in [0, 0.1) is 11.6 Å². The fourth-order valence-electron chi connectivity index (χ4n) is 4.63. The van der Waals surface area contributed by atoms with E-state index in [9.17, 15) is 35.1 Å². The molecule has 0 amide bonds. The van der Waals surface area contributed by atoms with Crippen molar-refractivity contribution in [2.45, 2.75) is 38.3 Å². The standard InChI is InChI=1S/C15H14ClF4N3O2.C14H10ClF4N3O.C2H6/c1-21-13-11(6-22-14(16)23-13)25-7-12(24-2)9-5-8(17)3-4-10(9)15(18,19)20;1-22-10(6-23-11-5-20-13(15)21-12(11)22)8-4-7(16)2-3-9(8)14(17,18)19;1-2/h3-6,12H,7H2,1-2H3,(H,21,22,23);2-5,10H,6H2,1H3;1-2H3. The lowest BCUT2D eigenvalue weighted by Gasteiger charge is -2.35. The fraction of sp³-hybridized carbons (Fsp3) is 0.355. The molecule has 0 saturated heterocycles. The smallest absolute Gasteiger partial charge is 0.416 e. The summed E-state index contributed by atoms with van der Waals surface area (Å²) in [7, 11) is 4.31. The van der Waals surface area contributed by atoms with Crippen molar-refractivity contribution in [1.82, 2.24) is 19.9 Å². The number of rotatable bonds is 7. The minimum atomic E-state index is -4.65. The van der Waals surface area contributed by atoms with Crippen LogP contribution in [0.2, 0.25) is 10.6 Å². The SMILES string of the molecule is CC.CN1c2nc(Cl)ncc2OCC1c1cc(F)ccc1C(F)(F)F.CNc1nc(Cl)ncc1OCC(OC)c1cc(F)ccc1C(F)(F)F. The van der Waals surface area contributed by atoms with Crippen molar-refractivity contribution in [3.05, 3.63) is 93.2 Å². The molecule has 0 spiro atoms.